The highest BCUT2D eigenvalue weighted by Gasteiger charge is 2.66. The molecule has 0 radical (unpaired) electrons. The van der Waals surface area contributed by atoms with Gasteiger partial charge in [-0.25, -0.2) is 0 Å². The summed E-state index contributed by atoms with van der Waals surface area (Å²) in [6.45, 7) is 0.519. The number of Topliss-reactive ketones (excluding diaryl/α,β-unsaturated/α-hetero) is 1. The van der Waals surface area contributed by atoms with Crippen LogP contribution in [0.1, 0.15) is 50.5 Å². The number of allylic oxidation sites excluding steroid dienone is 6. The molecule has 0 amide bonds. The second-order valence-corrected chi connectivity index (χ2v) is 8.78. The van der Waals surface area contributed by atoms with Gasteiger partial charge in [-0.15, -0.1) is 0 Å². The number of ketones is 2. The van der Waals surface area contributed by atoms with Crippen molar-refractivity contribution in [2.45, 2.75) is 52.0 Å². The summed E-state index contributed by atoms with van der Waals surface area (Å²) in [5.74, 6) is -2.17. The van der Waals surface area contributed by atoms with Crippen LogP contribution in [-0.4, -0.2) is 34.0 Å². The summed E-state index contributed by atoms with van der Waals surface area (Å²) in [5, 5.41) is 21.1. The van der Waals surface area contributed by atoms with Crippen LogP contribution in [0.4, 0.5) is 0 Å². The molecule has 4 heteroatoms. The summed E-state index contributed by atoms with van der Waals surface area (Å²) in [5.41, 5.74) is -1.19. The third-order valence-corrected chi connectivity index (χ3v) is 7.77. The number of aliphatic hydroxyl groups excluding tert-OH is 1. The topological polar surface area (TPSA) is 74.6 Å². The van der Waals surface area contributed by atoms with E-state index in [4.69, 9.17) is 4.11 Å². The van der Waals surface area contributed by atoms with Gasteiger partial charge in [0.1, 0.15) is 12.2 Å². The Labute approximate surface area is 158 Å². The Morgan fingerprint density at radius 1 is 1.42 bits per heavy atom. The molecule has 6 atom stereocenters. The van der Waals surface area contributed by atoms with Gasteiger partial charge in [0.05, 0.1) is 0 Å². The summed E-state index contributed by atoms with van der Waals surface area (Å²) >= 11 is 0. The van der Waals surface area contributed by atoms with Crippen molar-refractivity contribution in [1.82, 2.24) is 0 Å². The fraction of sp³-hybridized carbons (Fsp3) is 0.636. The van der Waals surface area contributed by atoms with E-state index in [1.54, 1.807) is 19.1 Å². The second kappa shape index (κ2) is 5.49. The molecule has 0 aromatic rings. The number of fused-ring (bicyclic) bond motifs is 5. The zero-order valence-corrected chi connectivity index (χ0v) is 15.3. The van der Waals surface area contributed by atoms with E-state index >= 15 is 0 Å². The Morgan fingerprint density at radius 2 is 2.19 bits per heavy atom. The average molecular weight is 359 g/mol. The van der Waals surface area contributed by atoms with Crippen LogP contribution in [0.5, 0.6) is 0 Å². The highest BCUT2D eigenvalue weighted by atomic mass is 16.3. The minimum absolute atomic E-state index is 0.0107. The molecule has 0 aromatic carbocycles. The molecule has 2 unspecified atom stereocenters. The van der Waals surface area contributed by atoms with Crippen LogP contribution in [0.3, 0.4) is 0 Å². The summed E-state index contributed by atoms with van der Waals surface area (Å²) in [6, 6.07) is 0. The van der Waals surface area contributed by atoms with E-state index in [0.717, 1.165) is 24.0 Å². The number of rotatable bonds is 2. The summed E-state index contributed by atoms with van der Waals surface area (Å²) in [7, 11) is 0. The van der Waals surface area contributed by atoms with Crippen LogP contribution in [0.2, 0.25) is 0 Å². The van der Waals surface area contributed by atoms with Gasteiger partial charge in [-0.05, 0) is 62.5 Å². The molecule has 0 saturated heterocycles. The monoisotopic (exact) mass is 359 g/mol. The van der Waals surface area contributed by atoms with E-state index in [1.165, 1.54) is 0 Å². The van der Waals surface area contributed by atoms with Gasteiger partial charge >= 0.3 is 0 Å². The number of hydrogen-bond donors (Lipinski definition) is 2. The van der Waals surface area contributed by atoms with Gasteiger partial charge in [-0.1, -0.05) is 37.1 Å². The molecule has 2 fully saturated rings. The SMILES string of the molecule is [2H]C([2H])([2H])[C@@H]1CC2C3CCC4=CC(=O)C=C[C@]4(C)C3=CC[C@]2(C)[C@@]1(O)C(=O)CO. The summed E-state index contributed by atoms with van der Waals surface area (Å²) in [6.07, 6.45) is 9.34. The van der Waals surface area contributed by atoms with Gasteiger partial charge < -0.3 is 10.2 Å². The molecule has 2 N–H and O–H groups in total. The summed E-state index contributed by atoms with van der Waals surface area (Å²) < 4.78 is 24.0. The van der Waals surface area contributed by atoms with Crippen molar-refractivity contribution in [3.05, 3.63) is 35.5 Å². The van der Waals surface area contributed by atoms with Gasteiger partial charge in [0, 0.05) is 14.9 Å². The second-order valence-electron chi connectivity index (χ2n) is 8.78. The minimum atomic E-state index is -2.50. The average Bonchev–Trinajstić information content (AvgIpc) is 2.90. The van der Waals surface area contributed by atoms with Gasteiger partial charge in [0.25, 0.3) is 0 Å². The van der Waals surface area contributed by atoms with Crippen molar-refractivity contribution in [3.8, 4) is 0 Å². The predicted molar refractivity (Wildman–Crippen MR) is 98.2 cm³/mol. The van der Waals surface area contributed by atoms with Gasteiger partial charge in [-0.2, -0.15) is 0 Å². The molecule has 4 aliphatic rings. The van der Waals surface area contributed by atoms with Crippen LogP contribution < -0.4 is 0 Å². The first-order valence-corrected chi connectivity index (χ1v) is 9.41. The highest BCUT2D eigenvalue weighted by molar-refractivity contribution is 6.01. The van der Waals surface area contributed by atoms with Crippen molar-refractivity contribution in [3.63, 3.8) is 0 Å². The minimum Gasteiger partial charge on any atom is -0.388 e. The number of aliphatic hydroxyl groups is 2. The van der Waals surface area contributed by atoms with E-state index in [-0.39, 0.29) is 29.5 Å². The third-order valence-electron chi connectivity index (χ3n) is 7.77. The van der Waals surface area contributed by atoms with Gasteiger partial charge in [0.2, 0.25) is 0 Å². The van der Waals surface area contributed by atoms with E-state index in [0.29, 0.717) is 6.42 Å². The van der Waals surface area contributed by atoms with Gasteiger partial charge in [-0.3, -0.25) is 9.59 Å². The molecule has 4 nitrogen and oxygen atoms in total. The lowest BCUT2D eigenvalue weighted by atomic mass is 9.51. The smallest absolute Gasteiger partial charge is 0.190 e. The zero-order valence-electron chi connectivity index (χ0n) is 18.3. The first-order valence-electron chi connectivity index (χ1n) is 10.9. The molecule has 4 aliphatic carbocycles. The number of carbonyl (C=O) groups excluding carboxylic acids is 2. The first kappa shape index (κ1) is 14.5. The molecule has 2 saturated carbocycles. The first-order chi connectivity index (χ1) is 13.4. The Bertz CT molecular complexity index is 870. The fourth-order valence-electron chi connectivity index (χ4n) is 6.21. The van der Waals surface area contributed by atoms with Crippen molar-refractivity contribution in [2.75, 3.05) is 6.61 Å². The van der Waals surface area contributed by atoms with Crippen LogP contribution >= 0.6 is 0 Å². The van der Waals surface area contributed by atoms with Crippen LogP contribution in [0, 0.1) is 28.6 Å². The normalized spacial score (nSPS) is 49.0. The van der Waals surface area contributed by atoms with Crippen molar-refractivity contribution in [2.24, 2.45) is 28.6 Å². The Balaban J connectivity index is 1.83. The molecule has 140 valence electrons. The molecule has 4 rings (SSSR count). The fourth-order valence-corrected chi connectivity index (χ4v) is 6.21. The quantitative estimate of drug-likeness (QED) is 0.744. The Kier molecular flexibility index (Phi) is 3.07. The van der Waals surface area contributed by atoms with Crippen molar-refractivity contribution >= 4 is 11.6 Å². The lowest BCUT2D eigenvalue weighted by Crippen LogP contribution is -2.57. The molecule has 26 heavy (non-hydrogen) atoms. The standard InChI is InChI=1S/C22H28O4/c1-13-10-18-16-5-4-14-11-15(24)6-8-20(14,2)17(16)7-9-21(18,3)22(13,26)19(25)12-23/h6-8,11,13,16,18,23,26H,4-5,9-10,12H2,1-3H3/t13-,16?,18?,20+,21+,22+/m1/s1/i1D3. The zero-order chi connectivity index (χ0) is 21.4. The maximum atomic E-state index is 12.7. The molecule has 0 aromatic heterocycles. The van der Waals surface area contributed by atoms with Crippen LogP contribution in [0.15, 0.2) is 35.5 Å². The molecule has 0 heterocycles. The van der Waals surface area contributed by atoms with Crippen molar-refractivity contribution in [1.29, 1.82) is 0 Å². The van der Waals surface area contributed by atoms with Gasteiger partial charge in [0.15, 0.2) is 11.6 Å². The maximum Gasteiger partial charge on any atom is 0.190 e. The lowest BCUT2D eigenvalue weighted by molar-refractivity contribution is -0.161. The summed E-state index contributed by atoms with van der Waals surface area (Å²) in [4.78, 5) is 24.6. The van der Waals surface area contributed by atoms with Crippen molar-refractivity contribution < 1.29 is 23.9 Å². The highest BCUT2D eigenvalue weighted by Crippen LogP contribution is 2.66. The van der Waals surface area contributed by atoms with Crippen LogP contribution in [0.25, 0.3) is 0 Å². The lowest BCUT2D eigenvalue weighted by Gasteiger charge is -2.53. The third kappa shape index (κ3) is 1.97. The van der Waals surface area contributed by atoms with E-state index in [1.807, 2.05) is 12.2 Å². The number of carbonyl (C=O) groups is 2. The molecule has 0 bridgehead atoms. The Morgan fingerprint density at radius 3 is 2.88 bits per heavy atom. The molecular formula is C22H28O4. The Hall–Kier alpha value is -1.52. The molecule has 0 aliphatic heterocycles. The molecule has 0 spiro atoms. The van der Waals surface area contributed by atoms with Crippen LogP contribution in [-0.2, 0) is 9.59 Å². The van der Waals surface area contributed by atoms with E-state index < -0.39 is 36.2 Å². The predicted octanol–water partition coefficient (Wildman–Crippen LogP) is 2.75. The van der Waals surface area contributed by atoms with E-state index in [2.05, 4.69) is 6.92 Å². The maximum absolute atomic E-state index is 12.7. The number of hydrogen-bond acceptors (Lipinski definition) is 4. The largest absolute Gasteiger partial charge is 0.388 e. The molecular weight excluding hydrogens is 328 g/mol. The van der Waals surface area contributed by atoms with E-state index in [9.17, 15) is 19.8 Å².